The fourth-order valence-electron chi connectivity index (χ4n) is 2.61. The average Bonchev–Trinajstić information content (AvgIpc) is 2.37. The monoisotopic (exact) mass is 241 g/mol. The maximum atomic E-state index is 12.6. The van der Waals surface area contributed by atoms with Crippen LogP contribution in [0.4, 0.5) is 0 Å². The lowest BCUT2D eigenvalue weighted by atomic mass is 9.79. The molecule has 1 fully saturated rings. The lowest BCUT2D eigenvalue weighted by Gasteiger charge is -2.36. The molecule has 0 aromatic rings. The van der Waals surface area contributed by atoms with Crippen LogP contribution in [0.15, 0.2) is 0 Å². The Kier molecular flexibility index (Phi) is 5.96. The Morgan fingerprint density at radius 1 is 1.18 bits per heavy atom. The molecular formula is C14H27NO2. The van der Waals surface area contributed by atoms with Crippen molar-refractivity contribution in [1.82, 2.24) is 4.90 Å². The largest absolute Gasteiger partial charge is 0.378 e. The molecule has 0 aliphatic carbocycles. The van der Waals surface area contributed by atoms with Gasteiger partial charge >= 0.3 is 0 Å². The SMILES string of the molecule is CCCCC(C)(CCC)C(=O)N1CCOCC1. The summed E-state index contributed by atoms with van der Waals surface area (Å²) in [5.74, 6) is 0.344. The average molecular weight is 241 g/mol. The minimum Gasteiger partial charge on any atom is -0.378 e. The Labute approximate surface area is 106 Å². The van der Waals surface area contributed by atoms with E-state index in [1.54, 1.807) is 0 Å². The first-order valence-electron chi connectivity index (χ1n) is 7.01. The van der Waals surface area contributed by atoms with Crippen molar-refractivity contribution in [3.8, 4) is 0 Å². The summed E-state index contributed by atoms with van der Waals surface area (Å²) in [4.78, 5) is 14.6. The van der Waals surface area contributed by atoms with Gasteiger partial charge in [0.15, 0.2) is 0 Å². The Hall–Kier alpha value is -0.570. The van der Waals surface area contributed by atoms with Crippen LogP contribution in [0.3, 0.4) is 0 Å². The van der Waals surface area contributed by atoms with E-state index in [4.69, 9.17) is 4.74 Å². The van der Waals surface area contributed by atoms with Gasteiger partial charge < -0.3 is 9.64 Å². The van der Waals surface area contributed by atoms with Crippen molar-refractivity contribution in [3.63, 3.8) is 0 Å². The molecule has 1 unspecified atom stereocenters. The van der Waals surface area contributed by atoms with Crippen LogP contribution in [0.25, 0.3) is 0 Å². The van der Waals surface area contributed by atoms with E-state index in [0.29, 0.717) is 19.1 Å². The Bertz CT molecular complexity index is 236. The summed E-state index contributed by atoms with van der Waals surface area (Å²) in [6.07, 6.45) is 5.41. The van der Waals surface area contributed by atoms with Gasteiger partial charge in [-0.2, -0.15) is 0 Å². The highest BCUT2D eigenvalue weighted by atomic mass is 16.5. The molecule has 1 saturated heterocycles. The van der Waals surface area contributed by atoms with Crippen LogP contribution in [0.2, 0.25) is 0 Å². The normalized spacial score (nSPS) is 20.1. The van der Waals surface area contributed by atoms with Crippen molar-refractivity contribution in [3.05, 3.63) is 0 Å². The van der Waals surface area contributed by atoms with Crippen LogP contribution in [0.1, 0.15) is 52.9 Å². The van der Waals surface area contributed by atoms with Gasteiger partial charge in [0.05, 0.1) is 13.2 Å². The van der Waals surface area contributed by atoms with Gasteiger partial charge in [0, 0.05) is 18.5 Å². The van der Waals surface area contributed by atoms with E-state index in [0.717, 1.165) is 45.2 Å². The number of morpholine rings is 1. The number of rotatable bonds is 6. The van der Waals surface area contributed by atoms with Crippen LogP contribution in [0, 0.1) is 5.41 Å². The lowest BCUT2D eigenvalue weighted by Crippen LogP contribution is -2.47. The van der Waals surface area contributed by atoms with Crippen molar-refractivity contribution in [2.45, 2.75) is 52.9 Å². The minimum absolute atomic E-state index is 0.151. The van der Waals surface area contributed by atoms with Gasteiger partial charge in [-0.1, -0.05) is 40.0 Å². The Morgan fingerprint density at radius 2 is 1.82 bits per heavy atom. The third-order valence-electron chi connectivity index (χ3n) is 3.70. The number of hydrogen-bond acceptors (Lipinski definition) is 2. The maximum Gasteiger partial charge on any atom is 0.228 e. The Morgan fingerprint density at radius 3 is 2.35 bits per heavy atom. The molecule has 1 heterocycles. The van der Waals surface area contributed by atoms with E-state index in [-0.39, 0.29) is 5.41 Å². The highest BCUT2D eigenvalue weighted by molar-refractivity contribution is 5.82. The predicted octanol–water partition coefficient (Wildman–Crippen LogP) is 2.84. The summed E-state index contributed by atoms with van der Waals surface area (Å²) in [5.41, 5.74) is -0.151. The molecule has 3 nitrogen and oxygen atoms in total. The fourth-order valence-corrected chi connectivity index (χ4v) is 2.61. The number of amides is 1. The molecule has 17 heavy (non-hydrogen) atoms. The molecule has 0 radical (unpaired) electrons. The highest BCUT2D eigenvalue weighted by Crippen LogP contribution is 2.32. The topological polar surface area (TPSA) is 29.5 Å². The molecule has 0 aromatic heterocycles. The second-order valence-electron chi connectivity index (χ2n) is 5.32. The van der Waals surface area contributed by atoms with Gasteiger partial charge in [0.25, 0.3) is 0 Å². The summed E-state index contributed by atoms with van der Waals surface area (Å²) in [6.45, 7) is 9.42. The van der Waals surface area contributed by atoms with Crippen molar-refractivity contribution >= 4 is 5.91 Å². The molecule has 0 aromatic carbocycles. The molecule has 0 bridgehead atoms. The summed E-state index contributed by atoms with van der Waals surface area (Å²) in [7, 11) is 0. The van der Waals surface area contributed by atoms with Gasteiger partial charge in [-0.05, 0) is 12.8 Å². The number of ether oxygens (including phenoxy) is 1. The summed E-state index contributed by atoms with van der Waals surface area (Å²) in [5, 5.41) is 0. The van der Waals surface area contributed by atoms with Crippen LogP contribution < -0.4 is 0 Å². The minimum atomic E-state index is -0.151. The molecular weight excluding hydrogens is 214 g/mol. The molecule has 0 N–H and O–H groups in total. The maximum absolute atomic E-state index is 12.6. The number of unbranched alkanes of at least 4 members (excludes halogenated alkanes) is 1. The van der Waals surface area contributed by atoms with Crippen molar-refractivity contribution in [1.29, 1.82) is 0 Å². The second-order valence-corrected chi connectivity index (χ2v) is 5.32. The highest BCUT2D eigenvalue weighted by Gasteiger charge is 2.35. The second kappa shape index (κ2) is 7.00. The first-order valence-corrected chi connectivity index (χ1v) is 7.01. The van der Waals surface area contributed by atoms with Gasteiger partial charge in [0.2, 0.25) is 5.91 Å². The van der Waals surface area contributed by atoms with E-state index in [9.17, 15) is 4.79 Å². The molecule has 0 saturated carbocycles. The summed E-state index contributed by atoms with van der Waals surface area (Å²) in [6, 6.07) is 0. The van der Waals surface area contributed by atoms with Crippen molar-refractivity contribution in [2.75, 3.05) is 26.3 Å². The fraction of sp³-hybridized carbons (Fsp3) is 0.929. The molecule has 1 amide bonds. The Balaban J connectivity index is 2.63. The van der Waals surface area contributed by atoms with Gasteiger partial charge in [-0.25, -0.2) is 0 Å². The molecule has 1 aliphatic heterocycles. The van der Waals surface area contributed by atoms with Crippen LogP contribution in [-0.2, 0) is 9.53 Å². The van der Waals surface area contributed by atoms with Gasteiger partial charge in [0.1, 0.15) is 0 Å². The van der Waals surface area contributed by atoms with Crippen molar-refractivity contribution < 1.29 is 9.53 Å². The molecule has 3 heteroatoms. The first kappa shape index (κ1) is 14.5. The zero-order chi connectivity index (χ0) is 12.7. The molecule has 1 aliphatic rings. The predicted molar refractivity (Wildman–Crippen MR) is 69.9 cm³/mol. The van der Waals surface area contributed by atoms with Gasteiger partial charge in [-0.3, -0.25) is 4.79 Å². The standard InChI is InChI=1S/C14H27NO2/c1-4-6-8-14(3,7-5-2)13(16)15-9-11-17-12-10-15/h4-12H2,1-3H3. The molecule has 100 valence electrons. The van der Waals surface area contributed by atoms with Gasteiger partial charge in [-0.15, -0.1) is 0 Å². The summed E-state index contributed by atoms with van der Waals surface area (Å²) >= 11 is 0. The van der Waals surface area contributed by atoms with Crippen molar-refractivity contribution in [2.24, 2.45) is 5.41 Å². The molecule has 1 rings (SSSR count). The third-order valence-corrected chi connectivity index (χ3v) is 3.70. The van der Waals surface area contributed by atoms with E-state index < -0.39 is 0 Å². The smallest absolute Gasteiger partial charge is 0.228 e. The van der Waals surface area contributed by atoms with E-state index in [1.807, 2.05) is 4.90 Å². The van der Waals surface area contributed by atoms with Crippen LogP contribution >= 0.6 is 0 Å². The number of hydrogen-bond donors (Lipinski definition) is 0. The number of carbonyl (C=O) groups is 1. The number of nitrogens with zero attached hydrogens (tertiary/aromatic N) is 1. The quantitative estimate of drug-likeness (QED) is 0.715. The first-order chi connectivity index (χ1) is 8.14. The van der Waals surface area contributed by atoms with Crippen LogP contribution in [0.5, 0.6) is 0 Å². The third kappa shape index (κ3) is 3.98. The van der Waals surface area contributed by atoms with E-state index >= 15 is 0 Å². The van der Waals surface area contributed by atoms with Crippen LogP contribution in [-0.4, -0.2) is 37.1 Å². The van der Waals surface area contributed by atoms with E-state index in [1.165, 1.54) is 0 Å². The summed E-state index contributed by atoms with van der Waals surface area (Å²) < 4.78 is 5.31. The van der Waals surface area contributed by atoms with E-state index in [2.05, 4.69) is 20.8 Å². The number of carbonyl (C=O) groups excluding carboxylic acids is 1. The zero-order valence-electron chi connectivity index (χ0n) is 11.6. The molecule has 1 atom stereocenters. The zero-order valence-corrected chi connectivity index (χ0v) is 11.6. The molecule has 0 spiro atoms. The lowest BCUT2D eigenvalue weighted by molar-refractivity contribution is -0.146.